The molecule has 53 heavy (non-hydrogen) atoms. The molecule has 0 N–H and O–H groups in total. The van der Waals surface area contributed by atoms with Crippen LogP contribution in [0, 0.1) is 0 Å². The maximum atomic E-state index is 4.04. The van der Waals surface area contributed by atoms with E-state index < -0.39 is 0 Å². The molecule has 2 heteroatoms. The highest BCUT2D eigenvalue weighted by Crippen LogP contribution is 2.54. The Morgan fingerprint density at radius 2 is 1.23 bits per heavy atom. The first-order valence-corrected chi connectivity index (χ1v) is 18.3. The van der Waals surface area contributed by atoms with E-state index in [1.807, 2.05) is 18.2 Å². The van der Waals surface area contributed by atoms with Crippen LogP contribution in [-0.4, -0.2) is 4.57 Å². The standard InChI is InChI=1S/C51H40N2/c1-5-15-35(6-2)36-24-29-40(30-25-36)52(49-23-14-21-46-50(49)43-19-10-12-20-45(43)51(46,3)4)41-31-26-37(27-32-41)38-28-33-48-44(34-38)42-18-11-13-22-47(42)53(48)39-16-8-7-9-17-39/h5-34H,1-2H2,3-4H3/b35-15+. The Balaban J connectivity index is 1.18. The van der Waals surface area contributed by atoms with Gasteiger partial charge in [0.15, 0.2) is 0 Å². The molecule has 9 rings (SSSR count). The number of hydrogen-bond acceptors (Lipinski definition) is 1. The maximum absolute atomic E-state index is 4.04. The van der Waals surface area contributed by atoms with Crippen molar-refractivity contribution in [3.05, 3.63) is 212 Å². The minimum atomic E-state index is -0.0993. The van der Waals surface area contributed by atoms with Crippen molar-refractivity contribution in [2.45, 2.75) is 19.3 Å². The van der Waals surface area contributed by atoms with Gasteiger partial charge in [-0.05, 0) is 99.6 Å². The van der Waals surface area contributed by atoms with E-state index in [2.05, 4.69) is 200 Å². The molecule has 0 radical (unpaired) electrons. The van der Waals surface area contributed by atoms with E-state index in [0.29, 0.717) is 0 Å². The quantitative estimate of drug-likeness (QED) is 0.145. The summed E-state index contributed by atoms with van der Waals surface area (Å²) in [7, 11) is 0. The van der Waals surface area contributed by atoms with Gasteiger partial charge < -0.3 is 9.47 Å². The normalized spacial score (nSPS) is 13.1. The van der Waals surface area contributed by atoms with Crippen LogP contribution >= 0.6 is 0 Å². The van der Waals surface area contributed by atoms with Crippen molar-refractivity contribution in [3.63, 3.8) is 0 Å². The highest BCUT2D eigenvalue weighted by molar-refractivity contribution is 6.10. The van der Waals surface area contributed by atoms with E-state index >= 15 is 0 Å². The molecule has 0 amide bonds. The van der Waals surface area contributed by atoms with Crippen LogP contribution in [0.15, 0.2) is 195 Å². The number of aromatic nitrogens is 1. The number of nitrogens with zero attached hydrogens (tertiary/aromatic N) is 2. The summed E-state index contributed by atoms with van der Waals surface area (Å²) in [4.78, 5) is 2.41. The van der Waals surface area contributed by atoms with E-state index in [-0.39, 0.29) is 5.41 Å². The Kier molecular flexibility index (Phi) is 7.82. The Labute approximate surface area is 311 Å². The van der Waals surface area contributed by atoms with Crippen LogP contribution in [-0.2, 0) is 5.41 Å². The van der Waals surface area contributed by atoms with Gasteiger partial charge in [0.2, 0.25) is 0 Å². The van der Waals surface area contributed by atoms with E-state index in [0.717, 1.165) is 22.5 Å². The average Bonchev–Trinajstić information content (AvgIpc) is 3.66. The molecule has 1 aromatic heterocycles. The summed E-state index contributed by atoms with van der Waals surface area (Å²) in [5, 5.41) is 2.50. The summed E-state index contributed by atoms with van der Waals surface area (Å²) in [6.07, 6.45) is 5.69. The molecule has 0 spiro atoms. The van der Waals surface area contributed by atoms with Crippen LogP contribution in [0.5, 0.6) is 0 Å². The number of anilines is 3. The van der Waals surface area contributed by atoms with Crippen molar-refractivity contribution in [2.24, 2.45) is 0 Å². The number of para-hydroxylation sites is 2. The Morgan fingerprint density at radius 3 is 1.98 bits per heavy atom. The second kappa shape index (κ2) is 12.8. The maximum Gasteiger partial charge on any atom is 0.0543 e. The molecule has 0 fully saturated rings. The largest absolute Gasteiger partial charge is 0.310 e. The summed E-state index contributed by atoms with van der Waals surface area (Å²) in [5.41, 5.74) is 16.7. The fourth-order valence-corrected chi connectivity index (χ4v) is 8.37. The molecule has 7 aromatic carbocycles. The van der Waals surface area contributed by atoms with E-state index in [9.17, 15) is 0 Å². The summed E-state index contributed by atoms with van der Waals surface area (Å²) in [6, 6.07) is 59.7. The molecule has 0 saturated heterocycles. The molecule has 1 aliphatic rings. The van der Waals surface area contributed by atoms with Crippen LogP contribution in [0.25, 0.3) is 55.3 Å². The molecule has 1 aliphatic carbocycles. The van der Waals surface area contributed by atoms with Gasteiger partial charge in [-0.1, -0.05) is 148 Å². The van der Waals surface area contributed by atoms with Gasteiger partial charge in [-0.2, -0.15) is 0 Å². The third-order valence-electron chi connectivity index (χ3n) is 10.9. The summed E-state index contributed by atoms with van der Waals surface area (Å²) < 4.78 is 2.36. The average molecular weight is 681 g/mol. The predicted octanol–water partition coefficient (Wildman–Crippen LogP) is 14.0. The van der Waals surface area contributed by atoms with Crippen molar-refractivity contribution in [2.75, 3.05) is 4.90 Å². The number of fused-ring (bicyclic) bond motifs is 6. The lowest BCUT2D eigenvalue weighted by molar-refractivity contribution is 0.660. The van der Waals surface area contributed by atoms with Gasteiger partial charge >= 0.3 is 0 Å². The zero-order valence-electron chi connectivity index (χ0n) is 30.1. The topological polar surface area (TPSA) is 8.17 Å². The van der Waals surface area contributed by atoms with Crippen molar-refractivity contribution in [1.29, 1.82) is 0 Å². The molecule has 0 saturated carbocycles. The molecule has 2 nitrogen and oxygen atoms in total. The van der Waals surface area contributed by atoms with Crippen molar-refractivity contribution >= 4 is 44.4 Å². The summed E-state index contributed by atoms with van der Waals surface area (Å²) in [6.45, 7) is 12.6. The van der Waals surface area contributed by atoms with Gasteiger partial charge in [0, 0.05) is 38.8 Å². The Bertz CT molecular complexity index is 2710. The minimum absolute atomic E-state index is 0.0993. The monoisotopic (exact) mass is 680 g/mol. The van der Waals surface area contributed by atoms with Crippen molar-refractivity contribution < 1.29 is 0 Å². The predicted molar refractivity (Wildman–Crippen MR) is 227 cm³/mol. The number of allylic oxidation sites excluding steroid dienone is 4. The molecule has 0 bridgehead atoms. The Hall–Kier alpha value is -6.64. The molecule has 254 valence electrons. The van der Waals surface area contributed by atoms with Crippen LogP contribution < -0.4 is 4.90 Å². The lowest BCUT2D eigenvalue weighted by atomic mass is 9.82. The molecule has 8 aromatic rings. The van der Waals surface area contributed by atoms with Crippen LogP contribution in [0.4, 0.5) is 17.1 Å². The van der Waals surface area contributed by atoms with Gasteiger partial charge in [-0.15, -0.1) is 0 Å². The van der Waals surface area contributed by atoms with Crippen LogP contribution in [0.1, 0.15) is 30.5 Å². The van der Waals surface area contributed by atoms with Gasteiger partial charge in [-0.3, -0.25) is 0 Å². The van der Waals surface area contributed by atoms with Crippen molar-refractivity contribution in [3.8, 4) is 27.9 Å². The second-order valence-corrected chi connectivity index (χ2v) is 14.3. The first kappa shape index (κ1) is 32.3. The highest BCUT2D eigenvalue weighted by Gasteiger charge is 2.37. The second-order valence-electron chi connectivity index (χ2n) is 14.3. The zero-order chi connectivity index (χ0) is 36.1. The van der Waals surface area contributed by atoms with Gasteiger partial charge in [0.1, 0.15) is 0 Å². The van der Waals surface area contributed by atoms with Crippen LogP contribution in [0.2, 0.25) is 0 Å². The third-order valence-corrected chi connectivity index (χ3v) is 10.9. The smallest absolute Gasteiger partial charge is 0.0543 e. The fourth-order valence-electron chi connectivity index (χ4n) is 8.37. The molecular formula is C51H40N2. The minimum Gasteiger partial charge on any atom is -0.310 e. The van der Waals surface area contributed by atoms with Crippen molar-refractivity contribution in [1.82, 2.24) is 4.57 Å². The van der Waals surface area contributed by atoms with E-state index in [1.54, 1.807) is 0 Å². The number of hydrogen-bond donors (Lipinski definition) is 0. The fraction of sp³-hybridized carbons (Fsp3) is 0.0588. The lowest BCUT2D eigenvalue weighted by Gasteiger charge is -2.29. The molecule has 0 unspecified atom stereocenters. The molecule has 0 atom stereocenters. The third kappa shape index (κ3) is 5.26. The van der Waals surface area contributed by atoms with Gasteiger partial charge in [0.25, 0.3) is 0 Å². The summed E-state index contributed by atoms with van der Waals surface area (Å²) >= 11 is 0. The van der Waals surface area contributed by atoms with Crippen LogP contribution in [0.3, 0.4) is 0 Å². The lowest BCUT2D eigenvalue weighted by Crippen LogP contribution is -2.16. The molecular weight excluding hydrogens is 641 g/mol. The SMILES string of the molecule is C=C/C=C(\C=C)c1ccc(N(c2ccc(-c3ccc4c(c3)c3ccccc3n4-c3ccccc3)cc2)c2cccc3c2-c2ccccc2C3(C)C)cc1. The van der Waals surface area contributed by atoms with E-state index in [4.69, 9.17) is 0 Å². The first-order chi connectivity index (χ1) is 26.0. The zero-order valence-corrected chi connectivity index (χ0v) is 30.1. The molecule has 1 heterocycles. The van der Waals surface area contributed by atoms with Gasteiger partial charge in [-0.25, -0.2) is 0 Å². The Morgan fingerprint density at radius 1 is 0.585 bits per heavy atom. The van der Waals surface area contributed by atoms with E-state index in [1.165, 1.54) is 66.6 Å². The van der Waals surface area contributed by atoms with Gasteiger partial charge in [0.05, 0.1) is 16.7 Å². The number of benzene rings is 7. The molecule has 0 aliphatic heterocycles. The summed E-state index contributed by atoms with van der Waals surface area (Å²) in [5.74, 6) is 0. The number of rotatable bonds is 8. The highest BCUT2D eigenvalue weighted by atomic mass is 15.1. The first-order valence-electron chi connectivity index (χ1n) is 18.3.